The van der Waals surface area contributed by atoms with E-state index in [-0.39, 0.29) is 31.8 Å². The number of carboxylic acids is 1. The zero-order valence-corrected chi connectivity index (χ0v) is 19.2. The van der Waals surface area contributed by atoms with Gasteiger partial charge in [0.25, 0.3) is 0 Å². The number of guanidine groups is 1. The maximum absolute atomic E-state index is 12.7. The van der Waals surface area contributed by atoms with Crippen molar-refractivity contribution in [3.8, 4) is 0 Å². The largest absolute Gasteiger partial charge is 0.480 e. The number of nitrogens with zero attached hydrogens (tertiary/aromatic N) is 2. The van der Waals surface area contributed by atoms with Crippen molar-refractivity contribution >= 4 is 35.6 Å². The number of hydrogen-bond donors (Lipinski definition) is 9. The molecule has 0 aliphatic carbocycles. The molecule has 0 saturated heterocycles. The molecule has 4 unspecified atom stereocenters. The highest BCUT2D eigenvalue weighted by Crippen LogP contribution is 2.03. The molecule has 0 aliphatic heterocycles. The lowest BCUT2D eigenvalue weighted by Crippen LogP contribution is -2.56. The summed E-state index contributed by atoms with van der Waals surface area (Å²) in [4.78, 5) is 70.5. The summed E-state index contributed by atoms with van der Waals surface area (Å²) in [5.41, 5.74) is 22.0. The quantitative estimate of drug-likeness (QED) is 0.0640. The number of rotatable bonds is 15. The Morgan fingerprint density at radius 3 is 2.26 bits per heavy atom. The van der Waals surface area contributed by atoms with Gasteiger partial charge < -0.3 is 49.0 Å². The molecule has 1 aromatic rings. The molecule has 0 saturated carbocycles. The van der Waals surface area contributed by atoms with Gasteiger partial charge in [0.2, 0.25) is 23.6 Å². The molecule has 16 nitrogen and oxygen atoms in total. The summed E-state index contributed by atoms with van der Waals surface area (Å²) >= 11 is 0. The van der Waals surface area contributed by atoms with Gasteiger partial charge in [-0.25, -0.2) is 9.78 Å². The lowest BCUT2D eigenvalue weighted by Gasteiger charge is -2.23. The average Bonchev–Trinajstić information content (AvgIpc) is 3.27. The monoisotopic (exact) mass is 496 g/mol. The molecule has 1 rings (SSSR count). The van der Waals surface area contributed by atoms with E-state index in [1.807, 2.05) is 0 Å². The van der Waals surface area contributed by atoms with Crippen LogP contribution in [0.25, 0.3) is 0 Å². The van der Waals surface area contributed by atoms with Crippen LogP contribution in [0.4, 0.5) is 0 Å². The number of aromatic nitrogens is 2. The third-order valence-corrected chi connectivity index (χ3v) is 4.68. The Hall–Kier alpha value is -4.21. The zero-order chi connectivity index (χ0) is 26.5. The Morgan fingerprint density at radius 1 is 1.06 bits per heavy atom. The zero-order valence-electron chi connectivity index (χ0n) is 19.2. The van der Waals surface area contributed by atoms with Crippen LogP contribution >= 0.6 is 0 Å². The average molecular weight is 497 g/mol. The number of aliphatic imine (C=N–C) groups is 1. The number of aliphatic carboxylic acids is 1. The van der Waals surface area contributed by atoms with E-state index in [4.69, 9.17) is 22.9 Å². The molecule has 0 fully saturated rings. The van der Waals surface area contributed by atoms with Crippen molar-refractivity contribution in [1.29, 1.82) is 0 Å². The number of primary amides is 1. The van der Waals surface area contributed by atoms with Gasteiger partial charge in [-0.15, -0.1) is 0 Å². The van der Waals surface area contributed by atoms with Gasteiger partial charge in [0.05, 0.1) is 18.8 Å². The van der Waals surface area contributed by atoms with Gasteiger partial charge >= 0.3 is 5.97 Å². The van der Waals surface area contributed by atoms with Crippen LogP contribution in [-0.2, 0) is 30.4 Å². The fourth-order valence-corrected chi connectivity index (χ4v) is 2.85. The van der Waals surface area contributed by atoms with Crippen LogP contribution in [0.2, 0.25) is 0 Å². The van der Waals surface area contributed by atoms with Crippen molar-refractivity contribution < 1.29 is 29.1 Å². The Kier molecular flexibility index (Phi) is 11.6. The highest BCUT2D eigenvalue weighted by atomic mass is 16.4. The normalized spacial score (nSPS) is 14.0. The molecule has 0 aromatic carbocycles. The lowest BCUT2D eigenvalue weighted by atomic mass is 10.1. The number of hydrogen-bond acceptors (Lipinski definition) is 8. The molecular formula is C19H32N10O6. The lowest BCUT2D eigenvalue weighted by molar-refractivity contribution is -0.143. The van der Waals surface area contributed by atoms with E-state index >= 15 is 0 Å². The summed E-state index contributed by atoms with van der Waals surface area (Å²) < 4.78 is 0. The molecule has 194 valence electrons. The van der Waals surface area contributed by atoms with E-state index in [0.29, 0.717) is 5.69 Å². The molecule has 0 radical (unpaired) electrons. The maximum atomic E-state index is 12.7. The fourth-order valence-electron chi connectivity index (χ4n) is 2.85. The summed E-state index contributed by atoms with van der Waals surface area (Å²) in [6, 6.07) is -4.85. The summed E-state index contributed by atoms with van der Waals surface area (Å²) in [6.45, 7) is 1.53. The number of carbonyl (C=O) groups is 5. The molecule has 13 N–H and O–H groups in total. The molecule has 35 heavy (non-hydrogen) atoms. The number of H-pyrrole nitrogens is 1. The minimum absolute atomic E-state index is 0.0251. The number of amides is 4. The third-order valence-electron chi connectivity index (χ3n) is 4.68. The summed E-state index contributed by atoms with van der Waals surface area (Å²) in [5.74, 6) is -4.78. The number of imidazole rings is 1. The van der Waals surface area contributed by atoms with Crippen molar-refractivity contribution in [3.63, 3.8) is 0 Å². The first-order chi connectivity index (χ1) is 16.4. The fraction of sp³-hybridized carbons (Fsp3) is 0.526. The number of carbonyl (C=O) groups excluding carboxylic acids is 4. The van der Waals surface area contributed by atoms with Gasteiger partial charge in [0, 0.05) is 24.9 Å². The minimum Gasteiger partial charge on any atom is -0.480 e. The number of aromatic amines is 1. The first-order valence-corrected chi connectivity index (χ1v) is 10.6. The number of nitrogens with two attached hydrogens (primary N) is 4. The topological polar surface area (TPSA) is 287 Å². The highest BCUT2D eigenvalue weighted by Gasteiger charge is 2.29. The highest BCUT2D eigenvalue weighted by molar-refractivity contribution is 5.94. The second kappa shape index (κ2) is 14.1. The van der Waals surface area contributed by atoms with E-state index in [2.05, 4.69) is 30.9 Å². The molecule has 0 spiro atoms. The van der Waals surface area contributed by atoms with E-state index in [1.165, 1.54) is 19.4 Å². The van der Waals surface area contributed by atoms with Crippen molar-refractivity contribution in [3.05, 3.63) is 18.2 Å². The minimum atomic E-state index is -1.59. The third kappa shape index (κ3) is 11.0. The van der Waals surface area contributed by atoms with Crippen LogP contribution in [0.5, 0.6) is 0 Å². The van der Waals surface area contributed by atoms with E-state index in [0.717, 1.165) is 0 Å². The van der Waals surface area contributed by atoms with Gasteiger partial charge in [-0.05, 0) is 19.8 Å². The van der Waals surface area contributed by atoms with Crippen molar-refractivity contribution in [1.82, 2.24) is 25.9 Å². The number of nitrogens with one attached hydrogen (secondary N) is 4. The molecule has 1 heterocycles. The van der Waals surface area contributed by atoms with Crippen LogP contribution in [-0.4, -0.2) is 81.3 Å². The van der Waals surface area contributed by atoms with Crippen LogP contribution in [0.15, 0.2) is 17.5 Å². The van der Waals surface area contributed by atoms with Gasteiger partial charge in [-0.2, -0.15) is 0 Å². The second-order valence-electron chi connectivity index (χ2n) is 7.70. The van der Waals surface area contributed by atoms with Gasteiger partial charge in [-0.1, -0.05) is 0 Å². The van der Waals surface area contributed by atoms with Crippen LogP contribution in [0.3, 0.4) is 0 Å². The standard InChI is InChI=1S/C19H32N10O6/c1-9(27-16(32)11(20)5-10-7-24-8-26-10)15(31)28-12(3-2-4-25-19(22)23)17(33)29-13(18(34)35)6-14(21)30/h7-9,11-13H,2-6,20H2,1H3,(H2,21,30)(H,24,26)(H,27,32)(H,28,31)(H,29,33)(H,34,35)(H4,22,23,25). The molecule has 0 aliphatic rings. The van der Waals surface area contributed by atoms with Gasteiger partial charge in [0.15, 0.2) is 5.96 Å². The van der Waals surface area contributed by atoms with E-state index in [1.54, 1.807) is 0 Å². The van der Waals surface area contributed by atoms with Gasteiger partial charge in [-0.3, -0.25) is 24.2 Å². The van der Waals surface area contributed by atoms with Crippen LogP contribution < -0.4 is 38.9 Å². The van der Waals surface area contributed by atoms with Crippen molar-refractivity contribution in [2.45, 2.75) is 56.8 Å². The van der Waals surface area contributed by atoms with Crippen molar-refractivity contribution in [2.75, 3.05) is 6.54 Å². The first kappa shape index (κ1) is 28.8. The molecule has 4 atom stereocenters. The molecule has 1 aromatic heterocycles. The summed E-state index contributed by atoms with van der Waals surface area (Å²) in [6.07, 6.45) is 2.74. The van der Waals surface area contributed by atoms with Crippen LogP contribution in [0.1, 0.15) is 31.9 Å². The predicted octanol–water partition coefficient (Wildman–Crippen LogP) is -4.23. The van der Waals surface area contributed by atoms with E-state index in [9.17, 15) is 29.1 Å². The van der Waals surface area contributed by atoms with E-state index < -0.39 is 60.2 Å². The Labute approximate surface area is 200 Å². The Balaban J connectivity index is 2.81. The molecule has 4 amide bonds. The molecular weight excluding hydrogens is 464 g/mol. The SMILES string of the molecule is CC(NC(=O)C(N)Cc1cnc[nH]1)C(=O)NC(CCCN=C(N)N)C(=O)NC(CC(N)=O)C(=O)O. The maximum Gasteiger partial charge on any atom is 0.326 e. The van der Waals surface area contributed by atoms with Gasteiger partial charge in [0.1, 0.15) is 18.1 Å². The molecule has 0 bridgehead atoms. The summed E-state index contributed by atoms with van der Waals surface area (Å²) in [7, 11) is 0. The Bertz CT molecular complexity index is 915. The molecule has 16 heteroatoms. The predicted molar refractivity (Wildman–Crippen MR) is 123 cm³/mol. The second-order valence-corrected chi connectivity index (χ2v) is 7.70. The first-order valence-electron chi connectivity index (χ1n) is 10.6. The van der Waals surface area contributed by atoms with Crippen molar-refractivity contribution in [2.24, 2.45) is 27.9 Å². The number of carboxylic acid groups (broad SMARTS) is 1. The smallest absolute Gasteiger partial charge is 0.326 e. The van der Waals surface area contributed by atoms with Crippen LogP contribution in [0, 0.1) is 0 Å². The Morgan fingerprint density at radius 2 is 1.71 bits per heavy atom. The summed E-state index contributed by atoms with van der Waals surface area (Å²) in [5, 5.41) is 16.3.